The van der Waals surface area contributed by atoms with Crippen LogP contribution in [0.15, 0.2) is 63.8 Å². The molecule has 0 saturated carbocycles. The van der Waals surface area contributed by atoms with Crippen molar-refractivity contribution in [2.75, 3.05) is 0 Å². The predicted molar refractivity (Wildman–Crippen MR) is 102 cm³/mol. The summed E-state index contributed by atoms with van der Waals surface area (Å²) < 4.78 is 5.61. The molecule has 0 N–H and O–H groups in total. The quantitative estimate of drug-likeness (QED) is 0.427. The van der Waals surface area contributed by atoms with E-state index < -0.39 is 0 Å². The lowest BCUT2D eigenvalue weighted by Crippen LogP contribution is -1.99. The topological polar surface area (TPSA) is 30.2 Å². The summed E-state index contributed by atoms with van der Waals surface area (Å²) >= 11 is 1.73. The lowest BCUT2D eigenvalue weighted by atomic mass is 10.0. The summed E-state index contributed by atoms with van der Waals surface area (Å²) in [6, 6.07) is 18.0. The van der Waals surface area contributed by atoms with Gasteiger partial charge in [0.2, 0.25) is 0 Å². The van der Waals surface area contributed by atoms with Crippen molar-refractivity contribution in [1.29, 1.82) is 0 Å². The standard InChI is InChI=1S/C21H18O2S/c1-2-3-13-17-18-15-11-7-8-12-16(15)23-21(22)19(18)20(24-17)14-9-5-4-6-10-14/h4-12H,2-3,13H2,1H3. The van der Waals surface area contributed by atoms with Gasteiger partial charge < -0.3 is 4.42 Å². The van der Waals surface area contributed by atoms with E-state index >= 15 is 0 Å². The van der Waals surface area contributed by atoms with Crippen molar-refractivity contribution in [1.82, 2.24) is 0 Å². The van der Waals surface area contributed by atoms with Gasteiger partial charge in [0.15, 0.2) is 0 Å². The van der Waals surface area contributed by atoms with Crippen molar-refractivity contribution < 1.29 is 4.42 Å². The highest BCUT2D eigenvalue weighted by Gasteiger charge is 2.19. The van der Waals surface area contributed by atoms with Crippen molar-refractivity contribution in [2.24, 2.45) is 0 Å². The average molecular weight is 334 g/mol. The van der Waals surface area contributed by atoms with Gasteiger partial charge >= 0.3 is 5.63 Å². The first-order valence-corrected chi connectivity index (χ1v) is 9.14. The van der Waals surface area contributed by atoms with Gasteiger partial charge in [-0.05, 0) is 24.5 Å². The van der Waals surface area contributed by atoms with Crippen LogP contribution in [0.2, 0.25) is 0 Å². The van der Waals surface area contributed by atoms with Crippen molar-refractivity contribution in [3.63, 3.8) is 0 Å². The van der Waals surface area contributed by atoms with Crippen LogP contribution in [-0.2, 0) is 6.42 Å². The number of thiophene rings is 1. The van der Waals surface area contributed by atoms with E-state index in [1.54, 1.807) is 11.3 Å². The van der Waals surface area contributed by atoms with E-state index in [4.69, 9.17) is 4.42 Å². The molecule has 0 atom stereocenters. The van der Waals surface area contributed by atoms with Crippen LogP contribution in [0.4, 0.5) is 0 Å². The number of hydrogen-bond donors (Lipinski definition) is 0. The average Bonchev–Trinajstić information content (AvgIpc) is 3.01. The van der Waals surface area contributed by atoms with Crippen molar-refractivity contribution in [2.45, 2.75) is 26.2 Å². The Morgan fingerprint density at radius 2 is 1.71 bits per heavy atom. The maximum atomic E-state index is 12.7. The molecule has 0 fully saturated rings. The van der Waals surface area contributed by atoms with Crippen LogP contribution in [0.25, 0.3) is 32.2 Å². The van der Waals surface area contributed by atoms with Crippen LogP contribution in [-0.4, -0.2) is 0 Å². The molecule has 0 amide bonds. The molecule has 0 saturated heterocycles. The Hall–Kier alpha value is -2.39. The molecular formula is C21H18O2S. The maximum absolute atomic E-state index is 12.7. The first-order chi connectivity index (χ1) is 11.8. The SMILES string of the molecule is CCCCc1sc(-c2ccccc2)c2c(=O)oc3ccccc3c12. The Kier molecular flexibility index (Phi) is 3.95. The molecule has 3 heteroatoms. The monoisotopic (exact) mass is 334 g/mol. The second-order valence-corrected chi connectivity index (χ2v) is 7.06. The van der Waals surface area contributed by atoms with E-state index in [1.807, 2.05) is 36.4 Å². The highest BCUT2D eigenvalue weighted by Crippen LogP contribution is 2.40. The van der Waals surface area contributed by atoms with Gasteiger partial charge in [-0.1, -0.05) is 61.9 Å². The van der Waals surface area contributed by atoms with Crippen LogP contribution in [0.3, 0.4) is 0 Å². The third-order valence-electron chi connectivity index (χ3n) is 4.34. The minimum absolute atomic E-state index is 0.235. The molecule has 2 aromatic carbocycles. The molecule has 4 rings (SSSR count). The number of para-hydroxylation sites is 1. The highest BCUT2D eigenvalue weighted by atomic mass is 32.1. The van der Waals surface area contributed by atoms with Gasteiger partial charge in [-0.2, -0.15) is 0 Å². The number of unbranched alkanes of at least 4 members (excludes halogenated alkanes) is 1. The molecule has 4 aromatic rings. The zero-order valence-electron chi connectivity index (χ0n) is 13.5. The van der Waals surface area contributed by atoms with Gasteiger partial charge in [-0.25, -0.2) is 4.79 Å². The number of rotatable bonds is 4. The maximum Gasteiger partial charge on any atom is 0.345 e. The fourth-order valence-electron chi connectivity index (χ4n) is 3.18. The Morgan fingerprint density at radius 3 is 2.50 bits per heavy atom. The van der Waals surface area contributed by atoms with Crippen LogP contribution >= 0.6 is 11.3 Å². The lowest BCUT2D eigenvalue weighted by molar-refractivity contribution is 0.570. The molecule has 0 aliphatic carbocycles. The number of aryl methyl sites for hydroxylation is 1. The fraction of sp³-hybridized carbons (Fsp3) is 0.190. The molecule has 0 bridgehead atoms. The molecular weight excluding hydrogens is 316 g/mol. The van der Waals surface area contributed by atoms with E-state index in [0.29, 0.717) is 5.58 Å². The molecule has 2 aromatic heterocycles. The molecule has 24 heavy (non-hydrogen) atoms. The molecule has 0 aliphatic heterocycles. The summed E-state index contributed by atoms with van der Waals surface area (Å²) in [5, 5.41) is 2.85. The minimum atomic E-state index is -0.235. The second-order valence-electron chi connectivity index (χ2n) is 5.96. The normalized spacial score (nSPS) is 11.4. The Labute approximate surface area is 144 Å². The number of hydrogen-bond acceptors (Lipinski definition) is 3. The number of fused-ring (bicyclic) bond motifs is 3. The van der Waals surface area contributed by atoms with Gasteiger partial charge in [-0.3, -0.25) is 0 Å². The number of benzene rings is 2. The molecule has 0 spiro atoms. The van der Waals surface area contributed by atoms with E-state index in [0.717, 1.165) is 45.9 Å². The summed E-state index contributed by atoms with van der Waals surface area (Å²) in [6.45, 7) is 2.19. The minimum Gasteiger partial charge on any atom is -0.422 e. The van der Waals surface area contributed by atoms with Crippen LogP contribution < -0.4 is 5.63 Å². The fourth-order valence-corrected chi connectivity index (χ4v) is 4.53. The van der Waals surface area contributed by atoms with E-state index in [9.17, 15) is 4.79 Å². The lowest BCUT2D eigenvalue weighted by Gasteiger charge is -2.02. The van der Waals surface area contributed by atoms with Crippen molar-refractivity contribution in [3.05, 3.63) is 69.9 Å². The van der Waals surface area contributed by atoms with Crippen LogP contribution in [0, 0.1) is 0 Å². The molecule has 0 aliphatic rings. The molecule has 120 valence electrons. The summed E-state index contributed by atoms with van der Waals surface area (Å²) in [5.74, 6) is 0. The predicted octanol–water partition coefficient (Wildman–Crippen LogP) is 6.02. The van der Waals surface area contributed by atoms with E-state index in [1.165, 1.54) is 4.88 Å². The zero-order chi connectivity index (χ0) is 16.5. The first kappa shape index (κ1) is 15.2. The van der Waals surface area contributed by atoms with E-state index in [2.05, 4.69) is 25.1 Å². The van der Waals surface area contributed by atoms with Crippen molar-refractivity contribution >= 4 is 33.1 Å². The third kappa shape index (κ3) is 2.45. The molecule has 2 nitrogen and oxygen atoms in total. The van der Waals surface area contributed by atoms with Crippen molar-refractivity contribution in [3.8, 4) is 10.4 Å². The van der Waals surface area contributed by atoms with Gasteiger partial charge in [0.1, 0.15) is 5.58 Å². The molecule has 0 unspecified atom stereocenters. The van der Waals surface area contributed by atoms with E-state index in [-0.39, 0.29) is 5.63 Å². The smallest absolute Gasteiger partial charge is 0.345 e. The summed E-state index contributed by atoms with van der Waals surface area (Å²) in [6.07, 6.45) is 3.26. The highest BCUT2D eigenvalue weighted by molar-refractivity contribution is 7.17. The third-order valence-corrected chi connectivity index (χ3v) is 5.64. The Morgan fingerprint density at radius 1 is 0.958 bits per heavy atom. The summed E-state index contributed by atoms with van der Waals surface area (Å²) in [4.78, 5) is 15.0. The van der Waals surface area contributed by atoms with Gasteiger partial charge in [0.05, 0.1) is 5.39 Å². The Bertz CT molecular complexity index is 1060. The largest absolute Gasteiger partial charge is 0.422 e. The summed E-state index contributed by atoms with van der Waals surface area (Å²) in [5.41, 5.74) is 1.52. The van der Waals surface area contributed by atoms with Gasteiger partial charge in [0, 0.05) is 20.5 Å². The van der Waals surface area contributed by atoms with Gasteiger partial charge in [0.25, 0.3) is 0 Å². The second kappa shape index (κ2) is 6.25. The summed E-state index contributed by atoms with van der Waals surface area (Å²) in [7, 11) is 0. The molecule has 0 radical (unpaired) electrons. The zero-order valence-corrected chi connectivity index (χ0v) is 14.4. The first-order valence-electron chi connectivity index (χ1n) is 8.32. The van der Waals surface area contributed by atoms with Crippen LogP contribution in [0.5, 0.6) is 0 Å². The van der Waals surface area contributed by atoms with Crippen LogP contribution in [0.1, 0.15) is 24.6 Å². The van der Waals surface area contributed by atoms with Gasteiger partial charge in [-0.15, -0.1) is 11.3 Å². The Balaban J connectivity index is 2.11. The molecule has 2 heterocycles.